The molecular formula is C19H22O6S. The second-order valence-corrected chi connectivity index (χ2v) is 7.44. The van der Waals surface area contributed by atoms with Crippen LogP contribution in [0.4, 0.5) is 0 Å². The predicted molar refractivity (Wildman–Crippen MR) is 97.2 cm³/mol. The SMILES string of the molecule is COC(=O)CCc1ccc(OCc2ccc(COS(C)(=O)=O)cc2)cc1. The predicted octanol–water partition coefficient (Wildman–Crippen LogP) is 2.85. The van der Waals surface area contributed by atoms with Gasteiger partial charge in [0.1, 0.15) is 12.4 Å². The normalized spacial score (nSPS) is 11.2. The molecular weight excluding hydrogens is 356 g/mol. The van der Waals surface area contributed by atoms with E-state index in [0.29, 0.717) is 19.4 Å². The van der Waals surface area contributed by atoms with Gasteiger partial charge < -0.3 is 9.47 Å². The number of aryl methyl sites for hydroxylation is 1. The van der Waals surface area contributed by atoms with Gasteiger partial charge >= 0.3 is 5.97 Å². The first-order valence-electron chi connectivity index (χ1n) is 8.06. The summed E-state index contributed by atoms with van der Waals surface area (Å²) in [6, 6.07) is 14.9. The summed E-state index contributed by atoms with van der Waals surface area (Å²) in [7, 11) is -2.06. The van der Waals surface area contributed by atoms with E-state index in [1.165, 1.54) is 7.11 Å². The Kier molecular flexibility index (Phi) is 7.17. The van der Waals surface area contributed by atoms with Crippen LogP contribution in [0, 0.1) is 0 Å². The van der Waals surface area contributed by atoms with E-state index in [4.69, 9.17) is 8.92 Å². The molecule has 0 N–H and O–H groups in total. The van der Waals surface area contributed by atoms with Crippen LogP contribution in [0.3, 0.4) is 0 Å². The van der Waals surface area contributed by atoms with E-state index in [9.17, 15) is 13.2 Å². The Balaban J connectivity index is 1.82. The first-order chi connectivity index (χ1) is 12.4. The Labute approximate surface area is 153 Å². The molecule has 0 heterocycles. The number of carbonyl (C=O) groups excluding carboxylic acids is 1. The van der Waals surface area contributed by atoms with Gasteiger partial charge in [-0.05, 0) is 35.2 Å². The molecule has 0 bridgehead atoms. The summed E-state index contributed by atoms with van der Waals surface area (Å²) in [4.78, 5) is 11.1. The summed E-state index contributed by atoms with van der Waals surface area (Å²) in [5.41, 5.74) is 2.77. The summed E-state index contributed by atoms with van der Waals surface area (Å²) in [6.45, 7) is 0.418. The molecule has 2 aromatic rings. The van der Waals surface area contributed by atoms with E-state index in [1.54, 1.807) is 12.1 Å². The Bertz CT molecular complexity index is 810. The minimum absolute atomic E-state index is 0.0208. The van der Waals surface area contributed by atoms with Crippen molar-refractivity contribution in [2.75, 3.05) is 13.4 Å². The monoisotopic (exact) mass is 378 g/mol. The van der Waals surface area contributed by atoms with Crippen LogP contribution < -0.4 is 4.74 Å². The number of benzene rings is 2. The van der Waals surface area contributed by atoms with Crippen molar-refractivity contribution in [3.63, 3.8) is 0 Å². The zero-order valence-corrected chi connectivity index (χ0v) is 15.6. The average Bonchev–Trinajstić information content (AvgIpc) is 2.63. The molecule has 0 amide bonds. The zero-order chi connectivity index (χ0) is 19.0. The first kappa shape index (κ1) is 19.9. The number of ether oxygens (including phenoxy) is 2. The van der Waals surface area contributed by atoms with Crippen LogP contribution in [0.1, 0.15) is 23.1 Å². The maximum Gasteiger partial charge on any atom is 0.305 e. The smallest absolute Gasteiger partial charge is 0.305 e. The lowest BCUT2D eigenvalue weighted by molar-refractivity contribution is -0.140. The summed E-state index contributed by atoms with van der Waals surface area (Å²) >= 11 is 0. The van der Waals surface area contributed by atoms with Gasteiger partial charge in [-0.3, -0.25) is 8.98 Å². The highest BCUT2D eigenvalue weighted by Crippen LogP contribution is 2.16. The van der Waals surface area contributed by atoms with Crippen molar-refractivity contribution in [1.82, 2.24) is 0 Å². The Morgan fingerprint density at radius 3 is 1.96 bits per heavy atom. The van der Waals surface area contributed by atoms with Crippen molar-refractivity contribution in [1.29, 1.82) is 0 Å². The van der Waals surface area contributed by atoms with Crippen LogP contribution in [-0.4, -0.2) is 27.8 Å². The van der Waals surface area contributed by atoms with Gasteiger partial charge in [0.05, 0.1) is 20.0 Å². The summed E-state index contributed by atoms with van der Waals surface area (Å²) < 4.78 is 37.1. The molecule has 0 spiro atoms. The summed E-state index contributed by atoms with van der Waals surface area (Å²) in [5.74, 6) is 0.506. The topological polar surface area (TPSA) is 78.9 Å². The molecule has 0 saturated heterocycles. The molecule has 2 aromatic carbocycles. The van der Waals surface area contributed by atoms with E-state index >= 15 is 0 Å². The maximum atomic E-state index is 11.1. The molecule has 0 aromatic heterocycles. The largest absolute Gasteiger partial charge is 0.489 e. The van der Waals surface area contributed by atoms with Gasteiger partial charge in [0, 0.05) is 6.42 Å². The lowest BCUT2D eigenvalue weighted by Crippen LogP contribution is -2.03. The van der Waals surface area contributed by atoms with Gasteiger partial charge in [-0.1, -0.05) is 36.4 Å². The Morgan fingerprint density at radius 2 is 1.42 bits per heavy atom. The summed E-state index contributed by atoms with van der Waals surface area (Å²) in [5, 5.41) is 0. The van der Waals surface area contributed by atoms with Gasteiger partial charge in [0.2, 0.25) is 0 Å². The van der Waals surface area contributed by atoms with Crippen LogP contribution in [-0.2, 0) is 43.5 Å². The van der Waals surface area contributed by atoms with Crippen molar-refractivity contribution < 1.29 is 26.9 Å². The highest BCUT2D eigenvalue weighted by molar-refractivity contribution is 7.85. The number of esters is 1. The van der Waals surface area contributed by atoms with Crippen LogP contribution in [0.25, 0.3) is 0 Å². The molecule has 0 atom stereocenters. The molecule has 0 unspecified atom stereocenters. The van der Waals surface area contributed by atoms with E-state index in [0.717, 1.165) is 28.7 Å². The number of rotatable bonds is 9. The fourth-order valence-electron chi connectivity index (χ4n) is 2.17. The Hall–Kier alpha value is -2.38. The quantitative estimate of drug-likeness (QED) is 0.493. The molecule has 0 fully saturated rings. The van der Waals surface area contributed by atoms with Crippen LogP contribution in [0.2, 0.25) is 0 Å². The van der Waals surface area contributed by atoms with Crippen molar-refractivity contribution in [2.24, 2.45) is 0 Å². The second kappa shape index (κ2) is 9.35. The highest BCUT2D eigenvalue weighted by Gasteiger charge is 2.04. The number of carbonyl (C=O) groups is 1. The van der Waals surface area contributed by atoms with Crippen molar-refractivity contribution in [2.45, 2.75) is 26.1 Å². The molecule has 6 nitrogen and oxygen atoms in total. The van der Waals surface area contributed by atoms with Gasteiger partial charge in [-0.15, -0.1) is 0 Å². The minimum Gasteiger partial charge on any atom is -0.489 e. The molecule has 0 radical (unpaired) electrons. The molecule has 26 heavy (non-hydrogen) atoms. The second-order valence-electron chi connectivity index (χ2n) is 5.79. The van der Waals surface area contributed by atoms with Gasteiger partial charge in [0.15, 0.2) is 0 Å². The van der Waals surface area contributed by atoms with Crippen LogP contribution >= 0.6 is 0 Å². The van der Waals surface area contributed by atoms with Gasteiger partial charge in [-0.25, -0.2) is 0 Å². The fraction of sp³-hybridized carbons (Fsp3) is 0.316. The van der Waals surface area contributed by atoms with Crippen molar-refractivity contribution in [3.8, 4) is 5.75 Å². The summed E-state index contributed by atoms with van der Waals surface area (Å²) in [6.07, 6.45) is 2.01. The molecule has 7 heteroatoms. The van der Waals surface area contributed by atoms with Crippen LogP contribution in [0.15, 0.2) is 48.5 Å². The molecule has 2 rings (SSSR count). The molecule has 140 valence electrons. The van der Waals surface area contributed by atoms with Crippen molar-refractivity contribution in [3.05, 3.63) is 65.2 Å². The van der Waals surface area contributed by atoms with E-state index in [2.05, 4.69) is 4.74 Å². The highest BCUT2D eigenvalue weighted by atomic mass is 32.2. The third kappa shape index (κ3) is 7.25. The minimum atomic E-state index is -3.44. The lowest BCUT2D eigenvalue weighted by atomic mass is 10.1. The number of hydrogen-bond acceptors (Lipinski definition) is 6. The van der Waals surface area contributed by atoms with Crippen LogP contribution in [0.5, 0.6) is 5.75 Å². The zero-order valence-electron chi connectivity index (χ0n) is 14.8. The standard InChI is InChI=1S/C19H22O6S/c1-23-19(20)12-9-15-7-10-18(11-8-15)24-13-16-3-5-17(6-4-16)14-25-26(2,21)22/h3-8,10-11H,9,12-14H2,1-2H3. The van der Waals surface area contributed by atoms with E-state index in [1.807, 2.05) is 36.4 Å². The first-order valence-corrected chi connectivity index (χ1v) is 9.88. The van der Waals surface area contributed by atoms with E-state index < -0.39 is 10.1 Å². The number of hydrogen-bond donors (Lipinski definition) is 0. The molecule has 0 aliphatic carbocycles. The molecule has 0 aliphatic heterocycles. The molecule has 0 saturated carbocycles. The van der Waals surface area contributed by atoms with Gasteiger partial charge in [0.25, 0.3) is 10.1 Å². The third-order valence-corrected chi connectivity index (χ3v) is 4.18. The third-order valence-electron chi connectivity index (χ3n) is 3.64. The lowest BCUT2D eigenvalue weighted by Gasteiger charge is -2.08. The molecule has 0 aliphatic rings. The fourth-order valence-corrected chi connectivity index (χ4v) is 2.52. The van der Waals surface area contributed by atoms with Crippen molar-refractivity contribution >= 4 is 16.1 Å². The Morgan fingerprint density at radius 1 is 0.885 bits per heavy atom. The average molecular weight is 378 g/mol. The number of methoxy groups -OCH3 is 1. The van der Waals surface area contributed by atoms with E-state index in [-0.39, 0.29) is 12.6 Å². The van der Waals surface area contributed by atoms with Gasteiger partial charge in [-0.2, -0.15) is 8.42 Å². The maximum absolute atomic E-state index is 11.1.